The lowest BCUT2D eigenvalue weighted by Gasteiger charge is -2.33. The van der Waals surface area contributed by atoms with E-state index in [1.807, 2.05) is 12.3 Å². The molecule has 0 bridgehead atoms. The Morgan fingerprint density at radius 2 is 2.32 bits per heavy atom. The third kappa shape index (κ3) is 4.59. The lowest BCUT2D eigenvalue weighted by Crippen LogP contribution is -2.38. The molecule has 1 aliphatic heterocycles. The van der Waals surface area contributed by atoms with Crippen molar-refractivity contribution in [3.05, 3.63) is 29.6 Å². The van der Waals surface area contributed by atoms with Crippen LogP contribution >= 0.6 is 0 Å². The molecule has 0 saturated carbocycles. The molecule has 1 unspecified atom stereocenters. The van der Waals surface area contributed by atoms with Gasteiger partial charge in [0.25, 0.3) is 0 Å². The van der Waals surface area contributed by atoms with Crippen LogP contribution in [0.5, 0.6) is 0 Å². The molecular weight excluding hydrogens is 234 g/mol. The molecule has 1 aliphatic rings. The van der Waals surface area contributed by atoms with Crippen molar-refractivity contribution in [2.75, 3.05) is 19.6 Å². The van der Waals surface area contributed by atoms with Gasteiger partial charge in [0.2, 0.25) is 0 Å². The number of aromatic nitrogens is 1. The number of hydrogen-bond acceptors (Lipinski definition) is 3. The Morgan fingerprint density at radius 3 is 3.11 bits per heavy atom. The summed E-state index contributed by atoms with van der Waals surface area (Å²) < 4.78 is 0. The van der Waals surface area contributed by atoms with Gasteiger partial charge in [-0.05, 0) is 64.4 Å². The predicted molar refractivity (Wildman–Crippen MR) is 80.2 cm³/mol. The first-order valence-corrected chi connectivity index (χ1v) is 7.62. The van der Waals surface area contributed by atoms with Crippen LogP contribution in [0, 0.1) is 6.92 Å². The fraction of sp³-hybridized carbons (Fsp3) is 0.688. The first-order valence-electron chi connectivity index (χ1n) is 7.62. The SMILES string of the molecule is Cc1cccnc1CNCCCN1CCCCC1C. The summed E-state index contributed by atoms with van der Waals surface area (Å²) >= 11 is 0. The van der Waals surface area contributed by atoms with Crippen LogP contribution in [-0.4, -0.2) is 35.6 Å². The molecule has 0 amide bonds. The number of hydrogen-bond donors (Lipinski definition) is 1. The molecule has 1 atom stereocenters. The van der Waals surface area contributed by atoms with Gasteiger partial charge in [0.1, 0.15) is 0 Å². The van der Waals surface area contributed by atoms with Crippen LogP contribution in [0.15, 0.2) is 18.3 Å². The van der Waals surface area contributed by atoms with Gasteiger partial charge in [-0.3, -0.25) is 4.98 Å². The van der Waals surface area contributed by atoms with Crippen molar-refractivity contribution in [1.29, 1.82) is 0 Å². The van der Waals surface area contributed by atoms with Crippen molar-refractivity contribution in [1.82, 2.24) is 15.2 Å². The number of likely N-dealkylation sites (tertiary alicyclic amines) is 1. The minimum atomic E-state index is 0.784. The van der Waals surface area contributed by atoms with Crippen LogP contribution in [-0.2, 0) is 6.54 Å². The molecule has 2 heterocycles. The van der Waals surface area contributed by atoms with Gasteiger partial charge in [0, 0.05) is 18.8 Å². The summed E-state index contributed by atoms with van der Waals surface area (Å²) in [5, 5.41) is 3.51. The van der Waals surface area contributed by atoms with Crippen LogP contribution < -0.4 is 5.32 Å². The molecule has 3 nitrogen and oxygen atoms in total. The predicted octanol–water partition coefficient (Wildman–Crippen LogP) is 2.74. The number of nitrogens with one attached hydrogen (secondary N) is 1. The van der Waals surface area contributed by atoms with E-state index < -0.39 is 0 Å². The summed E-state index contributed by atoms with van der Waals surface area (Å²) in [7, 11) is 0. The quantitative estimate of drug-likeness (QED) is 0.798. The zero-order valence-corrected chi connectivity index (χ0v) is 12.4. The molecule has 0 aliphatic carbocycles. The second-order valence-corrected chi connectivity index (χ2v) is 5.68. The molecule has 2 rings (SSSR count). The van der Waals surface area contributed by atoms with Crippen molar-refractivity contribution >= 4 is 0 Å². The lowest BCUT2D eigenvalue weighted by atomic mass is 10.0. The van der Waals surface area contributed by atoms with Crippen LogP contribution in [0.1, 0.15) is 43.9 Å². The van der Waals surface area contributed by atoms with Crippen molar-refractivity contribution in [3.8, 4) is 0 Å². The van der Waals surface area contributed by atoms with E-state index in [0.29, 0.717) is 0 Å². The summed E-state index contributed by atoms with van der Waals surface area (Å²) in [6, 6.07) is 4.91. The Hall–Kier alpha value is -0.930. The Bertz CT molecular complexity index is 378. The van der Waals surface area contributed by atoms with Gasteiger partial charge in [0.05, 0.1) is 5.69 Å². The first-order chi connectivity index (χ1) is 9.27. The standard InChI is InChI=1S/C16H27N3/c1-14-7-5-10-18-16(14)13-17-9-6-12-19-11-4-3-8-15(19)2/h5,7,10,15,17H,3-4,6,8-9,11-13H2,1-2H3. The third-order valence-electron chi connectivity index (χ3n) is 4.15. The zero-order chi connectivity index (χ0) is 13.5. The maximum atomic E-state index is 4.40. The van der Waals surface area contributed by atoms with Gasteiger partial charge >= 0.3 is 0 Å². The summed E-state index contributed by atoms with van der Waals surface area (Å²) in [6.07, 6.45) is 7.27. The summed E-state index contributed by atoms with van der Waals surface area (Å²) in [6.45, 7) is 8.99. The maximum Gasteiger partial charge on any atom is 0.0570 e. The number of aryl methyl sites for hydroxylation is 1. The van der Waals surface area contributed by atoms with Crippen molar-refractivity contribution < 1.29 is 0 Å². The number of nitrogens with zero attached hydrogens (tertiary/aromatic N) is 2. The van der Waals surface area contributed by atoms with E-state index in [2.05, 4.69) is 35.1 Å². The average Bonchev–Trinajstić information content (AvgIpc) is 2.42. The molecule has 0 radical (unpaired) electrons. The molecule has 19 heavy (non-hydrogen) atoms. The summed E-state index contributed by atoms with van der Waals surface area (Å²) in [5.74, 6) is 0. The van der Waals surface area contributed by atoms with Crippen LogP contribution in [0.4, 0.5) is 0 Å². The van der Waals surface area contributed by atoms with Gasteiger partial charge in [-0.15, -0.1) is 0 Å². The highest BCUT2D eigenvalue weighted by Crippen LogP contribution is 2.16. The Kier molecular flexibility index (Phi) is 5.80. The second kappa shape index (κ2) is 7.61. The van der Waals surface area contributed by atoms with E-state index in [4.69, 9.17) is 0 Å². The van der Waals surface area contributed by atoms with Gasteiger partial charge in [-0.25, -0.2) is 0 Å². The normalized spacial score (nSPS) is 20.6. The van der Waals surface area contributed by atoms with Crippen molar-refractivity contribution in [2.45, 2.75) is 52.1 Å². The third-order valence-corrected chi connectivity index (χ3v) is 4.15. The summed E-state index contributed by atoms with van der Waals surface area (Å²) in [4.78, 5) is 7.04. The molecular formula is C16H27N3. The minimum absolute atomic E-state index is 0.784. The fourth-order valence-corrected chi connectivity index (χ4v) is 2.81. The van der Waals surface area contributed by atoms with Gasteiger partial charge in [0.15, 0.2) is 0 Å². The summed E-state index contributed by atoms with van der Waals surface area (Å²) in [5.41, 5.74) is 2.45. The first kappa shape index (κ1) is 14.5. The lowest BCUT2D eigenvalue weighted by molar-refractivity contribution is 0.159. The number of piperidine rings is 1. The zero-order valence-electron chi connectivity index (χ0n) is 12.4. The van der Waals surface area contributed by atoms with E-state index in [1.165, 1.54) is 50.0 Å². The fourth-order valence-electron chi connectivity index (χ4n) is 2.81. The van der Waals surface area contributed by atoms with E-state index in [-0.39, 0.29) is 0 Å². The molecule has 1 saturated heterocycles. The Labute approximate surface area is 117 Å². The molecule has 106 valence electrons. The highest BCUT2D eigenvalue weighted by molar-refractivity contribution is 5.17. The van der Waals surface area contributed by atoms with Gasteiger partial charge in [-0.2, -0.15) is 0 Å². The molecule has 1 N–H and O–H groups in total. The molecule has 1 aromatic heterocycles. The second-order valence-electron chi connectivity index (χ2n) is 5.68. The molecule has 0 spiro atoms. The van der Waals surface area contributed by atoms with Crippen LogP contribution in [0.2, 0.25) is 0 Å². The number of rotatable bonds is 6. The highest BCUT2D eigenvalue weighted by Gasteiger charge is 2.16. The van der Waals surface area contributed by atoms with Gasteiger partial charge < -0.3 is 10.2 Å². The van der Waals surface area contributed by atoms with Crippen LogP contribution in [0.3, 0.4) is 0 Å². The van der Waals surface area contributed by atoms with E-state index in [0.717, 1.165) is 19.1 Å². The van der Waals surface area contributed by atoms with Crippen molar-refractivity contribution in [2.24, 2.45) is 0 Å². The molecule has 1 aromatic rings. The minimum Gasteiger partial charge on any atom is -0.311 e. The van der Waals surface area contributed by atoms with E-state index in [9.17, 15) is 0 Å². The largest absolute Gasteiger partial charge is 0.311 e. The van der Waals surface area contributed by atoms with E-state index in [1.54, 1.807) is 0 Å². The molecule has 3 heteroatoms. The van der Waals surface area contributed by atoms with E-state index >= 15 is 0 Å². The van der Waals surface area contributed by atoms with Crippen LogP contribution in [0.25, 0.3) is 0 Å². The van der Waals surface area contributed by atoms with Gasteiger partial charge in [-0.1, -0.05) is 12.5 Å². The Balaban J connectivity index is 1.61. The maximum absolute atomic E-state index is 4.40. The monoisotopic (exact) mass is 261 g/mol. The topological polar surface area (TPSA) is 28.2 Å². The highest BCUT2D eigenvalue weighted by atomic mass is 15.2. The molecule has 1 fully saturated rings. The van der Waals surface area contributed by atoms with Crippen molar-refractivity contribution in [3.63, 3.8) is 0 Å². The smallest absolute Gasteiger partial charge is 0.0570 e. The number of pyridine rings is 1. The average molecular weight is 261 g/mol. The Morgan fingerprint density at radius 1 is 1.42 bits per heavy atom. The molecule has 0 aromatic carbocycles.